The molecule has 0 radical (unpaired) electrons. The van der Waals surface area contributed by atoms with Gasteiger partial charge in [0.15, 0.2) is 0 Å². The van der Waals surface area contributed by atoms with Crippen LogP contribution in [0.1, 0.15) is 19.8 Å². The first-order valence-corrected chi connectivity index (χ1v) is 3.60. The van der Waals surface area contributed by atoms with Gasteiger partial charge in [-0.1, -0.05) is 18.5 Å². The Kier molecular flexibility index (Phi) is 2.29. The van der Waals surface area contributed by atoms with Gasteiger partial charge in [0, 0.05) is 23.7 Å². The molecule has 1 heterocycles. The summed E-state index contributed by atoms with van der Waals surface area (Å²) in [5.74, 6) is 0. The van der Waals surface area contributed by atoms with E-state index in [4.69, 9.17) is 11.6 Å². The van der Waals surface area contributed by atoms with E-state index in [0.717, 1.165) is 30.1 Å². The van der Waals surface area contributed by atoms with Gasteiger partial charge in [-0.3, -0.25) is 4.99 Å². The Bertz CT molecular complexity index is 158. The molecule has 0 aliphatic carbocycles. The monoisotopic (exact) mass is 143 g/mol. The topological polar surface area (TPSA) is 12.4 Å². The normalized spacial score (nSPS) is 18.9. The number of dihydropyridines is 1. The minimum atomic E-state index is 0.874. The first-order valence-electron chi connectivity index (χ1n) is 3.22. The zero-order valence-corrected chi connectivity index (χ0v) is 6.28. The number of rotatable bonds is 1. The van der Waals surface area contributed by atoms with Gasteiger partial charge in [-0.05, 0) is 12.5 Å². The number of halogens is 1. The highest BCUT2D eigenvalue weighted by Gasteiger charge is 2.00. The Morgan fingerprint density at radius 2 is 2.56 bits per heavy atom. The summed E-state index contributed by atoms with van der Waals surface area (Å²) in [7, 11) is 0. The van der Waals surface area contributed by atoms with Gasteiger partial charge in [0.05, 0.1) is 0 Å². The zero-order valence-electron chi connectivity index (χ0n) is 5.52. The van der Waals surface area contributed by atoms with Crippen LogP contribution in [0.2, 0.25) is 0 Å². The fraction of sp³-hybridized carbons (Fsp3) is 0.571. The molecule has 1 aliphatic rings. The SMILES string of the molecule is CCC1=NCCC(Cl)=C1. The maximum absolute atomic E-state index is 5.77. The zero-order chi connectivity index (χ0) is 6.69. The van der Waals surface area contributed by atoms with Crippen molar-refractivity contribution in [2.45, 2.75) is 19.8 Å². The predicted molar refractivity (Wildman–Crippen MR) is 41.1 cm³/mol. The molecule has 0 amide bonds. The van der Waals surface area contributed by atoms with Crippen molar-refractivity contribution in [2.24, 2.45) is 4.99 Å². The van der Waals surface area contributed by atoms with Crippen molar-refractivity contribution in [3.05, 3.63) is 11.1 Å². The molecule has 2 heteroatoms. The van der Waals surface area contributed by atoms with Crippen molar-refractivity contribution >= 4 is 17.3 Å². The molecule has 0 atom stereocenters. The minimum Gasteiger partial charge on any atom is -0.289 e. The lowest BCUT2D eigenvalue weighted by atomic mass is 10.2. The van der Waals surface area contributed by atoms with E-state index in [0.29, 0.717) is 0 Å². The molecule has 1 rings (SSSR count). The average molecular weight is 144 g/mol. The number of aliphatic imine (C=N–C) groups is 1. The first kappa shape index (κ1) is 6.81. The smallest absolute Gasteiger partial charge is 0.0441 e. The van der Waals surface area contributed by atoms with Gasteiger partial charge < -0.3 is 0 Å². The standard InChI is InChI=1S/C7H10ClN/c1-2-7-5-6(8)3-4-9-7/h5H,2-4H2,1H3. The molecular formula is C7H10ClN. The minimum absolute atomic E-state index is 0.874. The van der Waals surface area contributed by atoms with E-state index in [2.05, 4.69) is 11.9 Å². The van der Waals surface area contributed by atoms with Crippen molar-refractivity contribution in [3.8, 4) is 0 Å². The van der Waals surface area contributed by atoms with Gasteiger partial charge in [0.25, 0.3) is 0 Å². The molecule has 0 saturated heterocycles. The van der Waals surface area contributed by atoms with Crippen LogP contribution < -0.4 is 0 Å². The molecule has 0 aromatic carbocycles. The summed E-state index contributed by atoms with van der Waals surface area (Å²) >= 11 is 5.77. The van der Waals surface area contributed by atoms with Gasteiger partial charge >= 0.3 is 0 Å². The van der Waals surface area contributed by atoms with Crippen molar-refractivity contribution in [1.29, 1.82) is 0 Å². The lowest BCUT2D eigenvalue weighted by Gasteiger charge is -2.05. The van der Waals surface area contributed by atoms with Crippen LogP contribution in [-0.2, 0) is 0 Å². The summed E-state index contributed by atoms with van der Waals surface area (Å²) in [6.07, 6.45) is 3.88. The van der Waals surface area contributed by atoms with Crippen LogP contribution in [0.3, 0.4) is 0 Å². The highest BCUT2D eigenvalue weighted by atomic mass is 35.5. The van der Waals surface area contributed by atoms with Crippen molar-refractivity contribution in [1.82, 2.24) is 0 Å². The van der Waals surface area contributed by atoms with Crippen molar-refractivity contribution in [2.75, 3.05) is 6.54 Å². The van der Waals surface area contributed by atoms with Crippen LogP contribution in [0.5, 0.6) is 0 Å². The lowest BCUT2D eigenvalue weighted by Crippen LogP contribution is -2.00. The third-order valence-electron chi connectivity index (χ3n) is 1.35. The fourth-order valence-electron chi connectivity index (χ4n) is 0.819. The number of allylic oxidation sites excluding steroid dienone is 1. The van der Waals surface area contributed by atoms with Crippen molar-refractivity contribution in [3.63, 3.8) is 0 Å². The van der Waals surface area contributed by atoms with Crippen LogP contribution in [0, 0.1) is 0 Å². The maximum atomic E-state index is 5.77. The molecule has 0 aromatic heterocycles. The van der Waals surface area contributed by atoms with Gasteiger partial charge in [0.2, 0.25) is 0 Å². The van der Waals surface area contributed by atoms with Crippen LogP contribution in [-0.4, -0.2) is 12.3 Å². The largest absolute Gasteiger partial charge is 0.289 e. The number of hydrogen-bond acceptors (Lipinski definition) is 1. The number of nitrogens with zero attached hydrogens (tertiary/aromatic N) is 1. The van der Waals surface area contributed by atoms with E-state index >= 15 is 0 Å². The van der Waals surface area contributed by atoms with Gasteiger partial charge in [-0.25, -0.2) is 0 Å². The van der Waals surface area contributed by atoms with E-state index in [1.165, 1.54) is 0 Å². The molecule has 50 valence electrons. The maximum Gasteiger partial charge on any atom is 0.0441 e. The van der Waals surface area contributed by atoms with Crippen LogP contribution in [0.15, 0.2) is 16.1 Å². The summed E-state index contributed by atoms with van der Waals surface area (Å²) in [6.45, 7) is 2.96. The highest BCUT2D eigenvalue weighted by molar-refractivity contribution is 6.31. The van der Waals surface area contributed by atoms with E-state index in [1.54, 1.807) is 0 Å². The van der Waals surface area contributed by atoms with Gasteiger partial charge in [-0.15, -0.1) is 0 Å². The summed E-state index contributed by atoms with van der Waals surface area (Å²) in [5.41, 5.74) is 1.13. The Labute approximate surface area is 60.4 Å². The third-order valence-corrected chi connectivity index (χ3v) is 1.65. The van der Waals surface area contributed by atoms with E-state index in [-0.39, 0.29) is 0 Å². The lowest BCUT2D eigenvalue weighted by molar-refractivity contribution is 0.966. The third kappa shape index (κ3) is 1.83. The Morgan fingerprint density at radius 1 is 1.78 bits per heavy atom. The molecule has 1 nitrogen and oxygen atoms in total. The molecule has 0 spiro atoms. The van der Waals surface area contributed by atoms with Crippen LogP contribution >= 0.6 is 11.6 Å². The molecule has 0 fully saturated rings. The molecule has 1 aliphatic heterocycles. The summed E-state index contributed by atoms with van der Waals surface area (Å²) in [6, 6.07) is 0. The Hall–Kier alpha value is -0.300. The molecule has 0 saturated carbocycles. The second-order valence-corrected chi connectivity index (χ2v) is 2.55. The molecule has 0 aromatic rings. The summed E-state index contributed by atoms with van der Waals surface area (Å²) in [5, 5.41) is 0.946. The van der Waals surface area contributed by atoms with Crippen LogP contribution in [0.25, 0.3) is 0 Å². The second-order valence-electron chi connectivity index (χ2n) is 2.07. The summed E-state index contributed by atoms with van der Waals surface area (Å²) in [4.78, 5) is 4.25. The van der Waals surface area contributed by atoms with Gasteiger partial charge in [-0.2, -0.15) is 0 Å². The van der Waals surface area contributed by atoms with Crippen molar-refractivity contribution < 1.29 is 0 Å². The molecule has 9 heavy (non-hydrogen) atoms. The molecular weight excluding hydrogens is 134 g/mol. The predicted octanol–water partition coefficient (Wildman–Crippen LogP) is 2.36. The average Bonchev–Trinajstić information content (AvgIpc) is 1.88. The quantitative estimate of drug-likeness (QED) is 0.535. The summed E-state index contributed by atoms with van der Waals surface area (Å²) < 4.78 is 0. The number of hydrogen-bond donors (Lipinski definition) is 0. The van der Waals surface area contributed by atoms with E-state index in [1.807, 2.05) is 6.08 Å². The van der Waals surface area contributed by atoms with Gasteiger partial charge in [0.1, 0.15) is 0 Å². The fourth-order valence-corrected chi connectivity index (χ4v) is 1.03. The second kappa shape index (κ2) is 3.02. The van der Waals surface area contributed by atoms with E-state index in [9.17, 15) is 0 Å². The van der Waals surface area contributed by atoms with E-state index < -0.39 is 0 Å². The molecule has 0 N–H and O–H groups in total. The Morgan fingerprint density at radius 3 is 3.00 bits per heavy atom. The molecule has 0 bridgehead atoms. The first-order chi connectivity index (χ1) is 4.33. The molecule has 0 unspecified atom stereocenters. The van der Waals surface area contributed by atoms with Crippen LogP contribution in [0.4, 0.5) is 0 Å². The Balaban J connectivity index is 2.63. The highest BCUT2D eigenvalue weighted by Crippen LogP contribution is 2.12.